The molecule has 0 aliphatic carbocycles. The minimum atomic E-state index is 0.510. The van der Waals surface area contributed by atoms with Gasteiger partial charge in [-0.05, 0) is 12.1 Å². The standard InChI is InChI=1S/C8H5ClN2.C6H6/c9-8-6-3-1-2-4-7(6)10-5-11-8;1-2-4-6-5-3-1/h1-5H;1-6H. The van der Waals surface area contributed by atoms with Gasteiger partial charge in [0, 0.05) is 5.39 Å². The molecule has 0 unspecified atom stereocenters. The van der Waals surface area contributed by atoms with Crippen LogP contribution in [0.1, 0.15) is 0 Å². The Morgan fingerprint density at radius 2 is 1.29 bits per heavy atom. The minimum Gasteiger partial charge on any atom is -0.236 e. The molecule has 0 aliphatic heterocycles. The fourth-order valence-corrected chi connectivity index (χ4v) is 1.56. The maximum absolute atomic E-state index is 5.81. The second-order valence-electron chi connectivity index (χ2n) is 3.34. The molecule has 0 N–H and O–H groups in total. The fraction of sp³-hybridized carbons (Fsp3) is 0. The van der Waals surface area contributed by atoms with E-state index in [4.69, 9.17) is 11.6 Å². The van der Waals surface area contributed by atoms with Crippen molar-refractivity contribution in [2.24, 2.45) is 0 Å². The summed E-state index contributed by atoms with van der Waals surface area (Å²) < 4.78 is 0. The molecule has 84 valence electrons. The zero-order valence-electron chi connectivity index (χ0n) is 9.12. The van der Waals surface area contributed by atoms with E-state index in [0.717, 1.165) is 10.9 Å². The number of para-hydroxylation sites is 1. The number of fused-ring (bicyclic) bond motifs is 1. The summed E-state index contributed by atoms with van der Waals surface area (Å²) in [6, 6.07) is 19.6. The summed E-state index contributed by atoms with van der Waals surface area (Å²) in [7, 11) is 0. The van der Waals surface area contributed by atoms with E-state index in [0.29, 0.717) is 5.15 Å². The second kappa shape index (κ2) is 5.97. The van der Waals surface area contributed by atoms with Crippen LogP contribution in [0.15, 0.2) is 67.0 Å². The number of nitrogens with zero attached hydrogens (tertiary/aromatic N) is 2. The van der Waals surface area contributed by atoms with E-state index < -0.39 is 0 Å². The molecule has 3 heteroatoms. The number of hydrogen-bond donors (Lipinski definition) is 0. The Labute approximate surface area is 105 Å². The van der Waals surface area contributed by atoms with Gasteiger partial charge in [-0.2, -0.15) is 0 Å². The van der Waals surface area contributed by atoms with Crippen LogP contribution in [0.25, 0.3) is 10.9 Å². The lowest BCUT2D eigenvalue weighted by atomic mass is 10.2. The van der Waals surface area contributed by atoms with Crippen LogP contribution >= 0.6 is 11.6 Å². The maximum atomic E-state index is 5.81. The van der Waals surface area contributed by atoms with E-state index in [1.165, 1.54) is 6.33 Å². The van der Waals surface area contributed by atoms with Gasteiger partial charge in [0.25, 0.3) is 0 Å². The molecule has 3 rings (SSSR count). The van der Waals surface area contributed by atoms with Crippen molar-refractivity contribution in [1.82, 2.24) is 9.97 Å². The lowest BCUT2D eigenvalue weighted by molar-refractivity contribution is 1.22. The highest BCUT2D eigenvalue weighted by atomic mass is 35.5. The van der Waals surface area contributed by atoms with Gasteiger partial charge >= 0.3 is 0 Å². The molecule has 17 heavy (non-hydrogen) atoms. The molecule has 0 radical (unpaired) electrons. The smallest absolute Gasteiger partial charge is 0.140 e. The van der Waals surface area contributed by atoms with Crippen molar-refractivity contribution in [3.8, 4) is 0 Å². The topological polar surface area (TPSA) is 25.8 Å². The summed E-state index contributed by atoms with van der Waals surface area (Å²) in [5, 5.41) is 1.41. The number of benzene rings is 2. The van der Waals surface area contributed by atoms with Crippen molar-refractivity contribution >= 4 is 22.5 Å². The van der Waals surface area contributed by atoms with Gasteiger partial charge in [0.1, 0.15) is 11.5 Å². The van der Waals surface area contributed by atoms with E-state index in [1.54, 1.807) is 0 Å². The molecule has 0 atom stereocenters. The monoisotopic (exact) mass is 242 g/mol. The van der Waals surface area contributed by atoms with Crippen LogP contribution in [0.5, 0.6) is 0 Å². The van der Waals surface area contributed by atoms with Gasteiger partial charge in [-0.25, -0.2) is 9.97 Å². The number of hydrogen-bond acceptors (Lipinski definition) is 2. The first-order valence-corrected chi connectivity index (χ1v) is 5.61. The van der Waals surface area contributed by atoms with E-state index in [1.807, 2.05) is 60.7 Å². The first-order chi connectivity index (χ1) is 8.38. The second-order valence-corrected chi connectivity index (χ2v) is 3.69. The number of aromatic nitrogens is 2. The van der Waals surface area contributed by atoms with Gasteiger partial charge in [-0.1, -0.05) is 60.1 Å². The molecule has 0 saturated heterocycles. The molecular formula is C14H11ClN2. The molecule has 2 aromatic carbocycles. The third-order valence-corrected chi connectivity index (χ3v) is 2.46. The number of halogens is 1. The first-order valence-electron chi connectivity index (χ1n) is 5.23. The van der Waals surface area contributed by atoms with E-state index >= 15 is 0 Å². The van der Waals surface area contributed by atoms with Gasteiger partial charge in [-0.3, -0.25) is 0 Å². The summed E-state index contributed by atoms with van der Waals surface area (Å²) in [6.07, 6.45) is 1.46. The van der Waals surface area contributed by atoms with Gasteiger partial charge in [-0.15, -0.1) is 0 Å². The van der Waals surface area contributed by atoms with Crippen molar-refractivity contribution in [2.45, 2.75) is 0 Å². The molecule has 0 bridgehead atoms. The average Bonchev–Trinajstić information content (AvgIpc) is 2.42. The first kappa shape index (κ1) is 11.6. The van der Waals surface area contributed by atoms with Crippen molar-refractivity contribution in [2.75, 3.05) is 0 Å². The van der Waals surface area contributed by atoms with Crippen LogP contribution in [0.3, 0.4) is 0 Å². The van der Waals surface area contributed by atoms with Crippen LogP contribution < -0.4 is 0 Å². The summed E-state index contributed by atoms with van der Waals surface area (Å²) in [5.41, 5.74) is 0.882. The third-order valence-electron chi connectivity index (χ3n) is 2.16. The maximum Gasteiger partial charge on any atom is 0.140 e. The summed E-state index contributed by atoms with van der Waals surface area (Å²) >= 11 is 5.81. The minimum absolute atomic E-state index is 0.510. The van der Waals surface area contributed by atoms with Crippen LogP contribution in [0.2, 0.25) is 5.15 Å². The molecule has 2 nitrogen and oxygen atoms in total. The Morgan fingerprint density at radius 3 is 1.88 bits per heavy atom. The molecule has 0 fully saturated rings. The van der Waals surface area contributed by atoms with E-state index in [2.05, 4.69) is 9.97 Å². The lowest BCUT2D eigenvalue weighted by Gasteiger charge is -1.95. The van der Waals surface area contributed by atoms with Crippen molar-refractivity contribution in [3.05, 3.63) is 72.1 Å². The van der Waals surface area contributed by atoms with E-state index in [9.17, 15) is 0 Å². The molecule has 0 amide bonds. The van der Waals surface area contributed by atoms with Crippen LogP contribution in [0.4, 0.5) is 0 Å². The Bertz CT molecular complexity index is 550. The Morgan fingerprint density at radius 1 is 0.706 bits per heavy atom. The van der Waals surface area contributed by atoms with Crippen LogP contribution in [-0.4, -0.2) is 9.97 Å². The molecule has 1 heterocycles. The molecule has 3 aromatic rings. The quantitative estimate of drug-likeness (QED) is 0.558. The average molecular weight is 243 g/mol. The zero-order valence-corrected chi connectivity index (χ0v) is 9.88. The van der Waals surface area contributed by atoms with Crippen molar-refractivity contribution in [3.63, 3.8) is 0 Å². The van der Waals surface area contributed by atoms with Crippen LogP contribution in [-0.2, 0) is 0 Å². The largest absolute Gasteiger partial charge is 0.236 e. The molecule has 0 aliphatic rings. The van der Waals surface area contributed by atoms with Crippen LogP contribution in [0, 0.1) is 0 Å². The predicted octanol–water partition coefficient (Wildman–Crippen LogP) is 3.97. The lowest BCUT2D eigenvalue weighted by Crippen LogP contribution is -1.81. The SMILES string of the molecule is Clc1ncnc2ccccc12.c1ccccc1. The Balaban J connectivity index is 0.000000153. The summed E-state index contributed by atoms with van der Waals surface area (Å²) in [4.78, 5) is 7.91. The normalized spacial score (nSPS) is 9.47. The highest BCUT2D eigenvalue weighted by molar-refractivity contribution is 6.33. The Hall–Kier alpha value is -1.93. The van der Waals surface area contributed by atoms with Crippen molar-refractivity contribution in [1.29, 1.82) is 0 Å². The van der Waals surface area contributed by atoms with Gasteiger partial charge < -0.3 is 0 Å². The highest BCUT2D eigenvalue weighted by Crippen LogP contribution is 2.17. The molecule has 1 aromatic heterocycles. The highest BCUT2D eigenvalue weighted by Gasteiger charge is 1.96. The van der Waals surface area contributed by atoms with Gasteiger partial charge in [0.05, 0.1) is 5.52 Å². The zero-order chi connectivity index (χ0) is 11.9. The number of rotatable bonds is 0. The predicted molar refractivity (Wildman–Crippen MR) is 71.0 cm³/mol. The molecular weight excluding hydrogens is 232 g/mol. The van der Waals surface area contributed by atoms with Gasteiger partial charge in [0.15, 0.2) is 0 Å². The molecule has 0 spiro atoms. The fourth-order valence-electron chi connectivity index (χ4n) is 1.36. The van der Waals surface area contributed by atoms with Crippen molar-refractivity contribution < 1.29 is 0 Å². The van der Waals surface area contributed by atoms with E-state index in [-0.39, 0.29) is 0 Å². The van der Waals surface area contributed by atoms with Gasteiger partial charge in [0.2, 0.25) is 0 Å². The third kappa shape index (κ3) is 3.26. The summed E-state index contributed by atoms with van der Waals surface area (Å²) in [6.45, 7) is 0. The summed E-state index contributed by atoms with van der Waals surface area (Å²) in [5.74, 6) is 0. The Kier molecular flexibility index (Phi) is 4.05. The molecule has 0 saturated carbocycles.